The van der Waals surface area contributed by atoms with Gasteiger partial charge in [0.15, 0.2) is 0 Å². The highest BCUT2D eigenvalue weighted by molar-refractivity contribution is 7.89. The monoisotopic (exact) mass is 256 g/mol. The Morgan fingerprint density at radius 2 is 1.76 bits per heavy atom. The van der Waals surface area contributed by atoms with Crippen molar-refractivity contribution < 1.29 is 13.5 Å². The highest BCUT2D eigenvalue weighted by Gasteiger charge is 2.25. The molecule has 1 aliphatic rings. The van der Waals surface area contributed by atoms with Gasteiger partial charge in [-0.05, 0) is 24.3 Å². The first-order valence-electron chi connectivity index (χ1n) is 5.37. The molecule has 0 radical (unpaired) electrons. The average Bonchev–Trinajstić information content (AvgIpc) is 2.25. The van der Waals surface area contributed by atoms with Crippen LogP contribution < -0.4 is 4.90 Å². The maximum atomic E-state index is 11.8. The van der Waals surface area contributed by atoms with Crippen molar-refractivity contribution in [3.05, 3.63) is 24.3 Å². The van der Waals surface area contributed by atoms with E-state index < -0.39 is 10.0 Å². The van der Waals surface area contributed by atoms with Crippen LogP contribution >= 0.6 is 0 Å². The molecule has 1 aliphatic heterocycles. The summed E-state index contributed by atoms with van der Waals surface area (Å²) >= 11 is 0. The van der Waals surface area contributed by atoms with Crippen molar-refractivity contribution in [2.45, 2.75) is 11.0 Å². The Morgan fingerprint density at radius 1 is 1.24 bits per heavy atom. The molecule has 1 N–H and O–H groups in total. The van der Waals surface area contributed by atoms with Gasteiger partial charge in [0.25, 0.3) is 0 Å². The van der Waals surface area contributed by atoms with Gasteiger partial charge in [0.1, 0.15) is 0 Å². The van der Waals surface area contributed by atoms with E-state index in [0.717, 1.165) is 5.69 Å². The highest BCUT2D eigenvalue weighted by Crippen LogP contribution is 2.23. The lowest BCUT2D eigenvalue weighted by Gasteiger charge is -2.37. The van der Waals surface area contributed by atoms with Crippen molar-refractivity contribution in [2.75, 3.05) is 32.1 Å². The smallest absolute Gasteiger partial charge is 0.242 e. The third-order valence-corrected chi connectivity index (χ3v) is 4.67. The molecule has 0 atom stereocenters. The van der Waals surface area contributed by atoms with Crippen LogP contribution in [-0.4, -0.2) is 51.1 Å². The van der Waals surface area contributed by atoms with Crippen molar-refractivity contribution in [1.29, 1.82) is 0 Å². The van der Waals surface area contributed by atoms with Crippen LogP contribution in [-0.2, 0) is 10.0 Å². The van der Waals surface area contributed by atoms with Gasteiger partial charge in [-0.2, -0.15) is 0 Å². The molecule has 1 aromatic rings. The lowest BCUT2D eigenvalue weighted by molar-refractivity contribution is 0.142. The van der Waals surface area contributed by atoms with E-state index >= 15 is 0 Å². The number of β-amino-alcohol motifs (C(OH)–C–C–N with tert-alkyl or cyclic N) is 1. The van der Waals surface area contributed by atoms with Crippen LogP contribution in [0.2, 0.25) is 0 Å². The second kappa shape index (κ2) is 4.29. The fraction of sp³-hybridized carbons (Fsp3) is 0.455. The van der Waals surface area contributed by atoms with E-state index in [1.54, 1.807) is 24.3 Å². The minimum Gasteiger partial charge on any atom is -0.389 e. The summed E-state index contributed by atoms with van der Waals surface area (Å²) in [4.78, 5) is 2.28. The van der Waals surface area contributed by atoms with E-state index in [2.05, 4.69) is 0 Å². The van der Waals surface area contributed by atoms with Crippen LogP contribution in [0.1, 0.15) is 0 Å². The predicted molar refractivity (Wildman–Crippen MR) is 65.5 cm³/mol. The van der Waals surface area contributed by atoms with Gasteiger partial charge in [-0.15, -0.1) is 0 Å². The van der Waals surface area contributed by atoms with Gasteiger partial charge in [-0.1, -0.05) is 0 Å². The zero-order chi connectivity index (χ0) is 12.6. The Kier molecular flexibility index (Phi) is 3.11. The number of aliphatic hydroxyl groups is 1. The van der Waals surface area contributed by atoms with Gasteiger partial charge in [0.2, 0.25) is 10.0 Å². The zero-order valence-corrected chi connectivity index (χ0v) is 10.7. The first-order valence-corrected chi connectivity index (χ1v) is 6.81. The fourth-order valence-electron chi connectivity index (χ4n) is 1.71. The maximum absolute atomic E-state index is 11.8. The second-order valence-corrected chi connectivity index (χ2v) is 6.49. The number of nitrogens with zero attached hydrogens (tertiary/aromatic N) is 2. The van der Waals surface area contributed by atoms with Crippen molar-refractivity contribution in [3.63, 3.8) is 0 Å². The number of sulfonamides is 1. The van der Waals surface area contributed by atoms with E-state index in [9.17, 15) is 13.5 Å². The van der Waals surface area contributed by atoms with Gasteiger partial charge in [0.05, 0.1) is 11.0 Å². The van der Waals surface area contributed by atoms with E-state index in [1.807, 2.05) is 4.90 Å². The topological polar surface area (TPSA) is 60.9 Å². The lowest BCUT2D eigenvalue weighted by Crippen LogP contribution is -2.50. The number of benzene rings is 1. The number of anilines is 1. The Hall–Kier alpha value is -1.11. The standard InChI is InChI=1S/C11H16N2O3S/c1-12(2)17(15,16)11-5-3-9(4-6-11)13-7-10(14)8-13/h3-6,10,14H,7-8H2,1-2H3. The molecule has 1 heterocycles. The first kappa shape index (κ1) is 12.3. The van der Waals surface area contributed by atoms with E-state index in [4.69, 9.17) is 0 Å². The van der Waals surface area contributed by atoms with Gasteiger partial charge >= 0.3 is 0 Å². The largest absolute Gasteiger partial charge is 0.389 e. The van der Waals surface area contributed by atoms with Crippen LogP contribution in [0.4, 0.5) is 5.69 Å². The van der Waals surface area contributed by atoms with Crippen molar-refractivity contribution in [3.8, 4) is 0 Å². The van der Waals surface area contributed by atoms with Crippen LogP contribution in [0.3, 0.4) is 0 Å². The molecule has 0 saturated carbocycles. The summed E-state index contributed by atoms with van der Waals surface area (Å²) in [5, 5.41) is 9.19. The van der Waals surface area contributed by atoms with Gasteiger partial charge in [-0.3, -0.25) is 0 Å². The molecule has 0 spiro atoms. The van der Waals surface area contributed by atoms with Gasteiger partial charge < -0.3 is 10.0 Å². The zero-order valence-electron chi connectivity index (χ0n) is 9.87. The van der Waals surface area contributed by atoms with Crippen LogP contribution in [0.5, 0.6) is 0 Å². The SMILES string of the molecule is CN(C)S(=O)(=O)c1ccc(N2CC(O)C2)cc1. The first-order chi connectivity index (χ1) is 7.91. The van der Waals surface area contributed by atoms with Crippen molar-refractivity contribution >= 4 is 15.7 Å². The minimum atomic E-state index is -3.35. The normalized spacial score (nSPS) is 17.3. The Morgan fingerprint density at radius 3 is 2.18 bits per heavy atom. The lowest BCUT2D eigenvalue weighted by atomic mass is 10.1. The van der Waals surface area contributed by atoms with E-state index in [0.29, 0.717) is 13.1 Å². The molecule has 6 heteroatoms. The Labute approximate surface area is 101 Å². The molecule has 0 aromatic heterocycles. The molecule has 2 rings (SSSR count). The van der Waals surface area contributed by atoms with Gasteiger partial charge in [-0.25, -0.2) is 12.7 Å². The summed E-state index contributed by atoms with van der Waals surface area (Å²) in [6.07, 6.45) is -0.264. The summed E-state index contributed by atoms with van der Waals surface area (Å²) < 4.78 is 24.8. The molecule has 0 unspecified atom stereocenters. The molecule has 94 valence electrons. The Bertz CT molecular complexity index is 490. The Balaban J connectivity index is 2.19. The van der Waals surface area contributed by atoms with E-state index in [-0.39, 0.29) is 11.0 Å². The molecule has 0 bridgehead atoms. The third kappa shape index (κ3) is 2.29. The van der Waals surface area contributed by atoms with Gasteiger partial charge in [0, 0.05) is 32.9 Å². The summed E-state index contributed by atoms with van der Waals surface area (Å²) in [6.45, 7) is 1.22. The average molecular weight is 256 g/mol. The molecule has 0 aliphatic carbocycles. The second-order valence-electron chi connectivity index (χ2n) is 4.34. The summed E-state index contributed by atoms with van der Waals surface area (Å²) in [5.74, 6) is 0. The molecule has 1 aromatic carbocycles. The molecular formula is C11H16N2O3S. The molecule has 1 saturated heterocycles. The summed E-state index contributed by atoms with van der Waals surface area (Å²) in [6, 6.07) is 6.72. The molecule has 17 heavy (non-hydrogen) atoms. The molecule has 0 amide bonds. The molecule has 5 nitrogen and oxygen atoms in total. The molecule has 1 fully saturated rings. The summed E-state index contributed by atoms with van der Waals surface area (Å²) in [5.41, 5.74) is 0.938. The summed E-state index contributed by atoms with van der Waals surface area (Å²) in [7, 11) is -0.335. The number of hydrogen-bond acceptors (Lipinski definition) is 4. The minimum absolute atomic E-state index is 0.264. The van der Waals surface area contributed by atoms with Crippen molar-refractivity contribution in [1.82, 2.24) is 4.31 Å². The highest BCUT2D eigenvalue weighted by atomic mass is 32.2. The quantitative estimate of drug-likeness (QED) is 0.834. The number of aliphatic hydroxyl groups excluding tert-OH is 1. The van der Waals surface area contributed by atoms with Crippen LogP contribution in [0, 0.1) is 0 Å². The maximum Gasteiger partial charge on any atom is 0.242 e. The molecular weight excluding hydrogens is 240 g/mol. The van der Waals surface area contributed by atoms with E-state index in [1.165, 1.54) is 18.4 Å². The number of hydrogen-bond donors (Lipinski definition) is 1. The van der Waals surface area contributed by atoms with Crippen molar-refractivity contribution in [2.24, 2.45) is 0 Å². The third-order valence-electron chi connectivity index (χ3n) is 2.84. The van der Waals surface area contributed by atoms with Crippen LogP contribution in [0.25, 0.3) is 0 Å². The predicted octanol–water partition coefficient (Wildman–Crippen LogP) is 0.118. The van der Waals surface area contributed by atoms with Crippen LogP contribution in [0.15, 0.2) is 29.2 Å². The number of rotatable bonds is 3. The fourth-order valence-corrected chi connectivity index (χ4v) is 2.61.